The number of aromatic hydroxyl groups is 3. The first kappa shape index (κ1) is 13.7. The van der Waals surface area contributed by atoms with Gasteiger partial charge in [-0.15, -0.1) is 0 Å². The van der Waals surface area contributed by atoms with Gasteiger partial charge in [0, 0.05) is 0 Å². The number of rotatable bonds is 3. The van der Waals surface area contributed by atoms with Crippen molar-refractivity contribution in [3.63, 3.8) is 0 Å². The van der Waals surface area contributed by atoms with Crippen LogP contribution in [0.15, 0.2) is 36.4 Å². The fraction of sp³-hybridized carbons (Fsp3) is 0.133. The number of carboxylic acid groups (broad SMARTS) is 1. The van der Waals surface area contributed by atoms with Crippen LogP contribution in [0.3, 0.4) is 0 Å². The predicted octanol–water partition coefficient (Wildman–Crippen LogP) is 2.33. The molecule has 0 fully saturated rings. The highest BCUT2D eigenvalue weighted by Gasteiger charge is 2.23. The van der Waals surface area contributed by atoms with Crippen molar-refractivity contribution in [2.75, 3.05) is 0 Å². The van der Waals surface area contributed by atoms with Crippen LogP contribution in [0.4, 0.5) is 0 Å². The van der Waals surface area contributed by atoms with Crippen molar-refractivity contribution >= 4 is 5.97 Å². The van der Waals surface area contributed by atoms with Gasteiger partial charge in [-0.25, -0.2) is 0 Å². The van der Waals surface area contributed by atoms with Gasteiger partial charge < -0.3 is 20.4 Å². The lowest BCUT2D eigenvalue weighted by molar-refractivity contribution is -0.137. The molecule has 5 nitrogen and oxygen atoms in total. The summed E-state index contributed by atoms with van der Waals surface area (Å²) in [5.74, 6) is -2.84. The number of benzene rings is 2. The zero-order valence-electron chi connectivity index (χ0n) is 10.7. The Hall–Kier alpha value is -2.69. The molecule has 4 N–H and O–H groups in total. The fourth-order valence-electron chi connectivity index (χ4n) is 2.00. The Balaban J connectivity index is 2.53. The first-order valence-electron chi connectivity index (χ1n) is 5.94. The highest BCUT2D eigenvalue weighted by molar-refractivity contribution is 5.81. The summed E-state index contributed by atoms with van der Waals surface area (Å²) in [6, 6.07) is 8.47. The predicted molar refractivity (Wildman–Crippen MR) is 72.1 cm³/mol. The van der Waals surface area contributed by atoms with Crippen LogP contribution in [0.25, 0.3) is 0 Å². The molecule has 0 bridgehead atoms. The molecule has 0 aliphatic heterocycles. The van der Waals surface area contributed by atoms with E-state index in [0.717, 1.165) is 0 Å². The van der Waals surface area contributed by atoms with Gasteiger partial charge in [0.25, 0.3) is 0 Å². The Kier molecular flexibility index (Phi) is 3.52. The SMILES string of the molecule is Cc1ccc(C(C(=O)O)c2ccc(O)c(O)c2)cc1O. The van der Waals surface area contributed by atoms with E-state index in [1.165, 1.54) is 24.3 Å². The van der Waals surface area contributed by atoms with E-state index in [1.54, 1.807) is 19.1 Å². The number of phenols is 3. The van der Waals surface area contributed by atoms with E-state index in [0.29, 0.717) is 16.7 Å². The number of carboxylic acids is 1. The Bertz CT molecular complexity index is 612. The van der Waals surface area contributed by atoms with Gasteiger partial charge in [0.2, 0.25) is 0 Å². The zero-order chi connectivity index (χ0) is 14.9. The highest BCUT2D eigenvalue weighted by atomic mass is 16.4. The second-order valence-corrected chi connectivity index (χ2v) is 4.57. The van der Waals surface area contributed by atoms with Gasteiger partial charge in [0.1, 0.15) is 11.7 Å². The standard InChI is InChI=1S/C15H14O5/c1-8-2-3-9(6-12(8)17)14(15(19)20)10-4-5-11(16)13(18)7-10/h2-7,14,16-18H,1H3,(H,19,20). The quantitative estimate of drug-likeness (QED) is 0.644. The molecule has 0 amide bonds. The lowest BCUT2D eigenvalue weighted by Gasteiger charge is -2.15. The summed E-state index contributed by atoms with van der Waals surface area (Å²) in [7, 11) is 0. The molecule has 0 aliphatic rings. The third kappa shape index (κ3) is 2.51. The average molecular weight is 274 g/mol. The largest absolute Gasteiger partial charge is 0.508 e. The minimum Gasteiger partial charge on any atom is -0.508 e. The summed E-state index contributed by atoms with van der Waals surface area (Å²) in [6.45, 7) is 1.71. The Morgan fingerprint density at radius 1 is 0.900 bits per heavy atom. The van der Waals surface area contributed by atoms with E-state index in [2.05, 4.69) is 0 Å². The van der Waals surface area contributed by atoms with Crippen LogP contribution >= 0.6 is 0 Å². The van der Waals surface area contributed by atoms with Crippen LogP contribution in [-0.4, -0.2) is 26.4 Å². The molecule has 0 saturated carbocycles. The van der Waals surface area contributed by atoms with Gasteiger partial charge in [0.05, 0.1) is 0 Å². The molecule has 2 rings (SSSR count). The summed E-state index contributed by atoms with van der Waals surface area (Å²) in [5.41, 5.74) is 1.35. The van der Waals surface area contributed by atoms with E-state index < -0.39 is 11.9 Å². The maximum absolute atomic E-state index is 11.5. The summed E-state index contributed by atoms with van der Waals surface area (Å²) >= 11 is 0. The molecule has 2 aromatic rings. The smallest absolute Gasteiger partial charge is 0.315 e. The van der Waals surface area contributed by atoms with Gasteiger partial charge in [0.15, 0.2) is 11.5 Å². The molecule has 5 heteroatoms. The van der Waals surface area contributed by atoms with Gasteiger partial charge in [-0.1, -0.05) is 18.2 Å². The normalized spacial score (nSPS) is 12.1. The molecule has 20 heavy (non-hydrogen) atoms. The van der Waals surface area contributed by atoms with E-state index in [-0.39, 0.29) is 17.2 Å². The van der Waals surface area contributed by atoms with E-state index in [4.69, 9.17) is 0 Å². The number of phenolic OH excluding ortho intramolecular Hbond substituents is 3. The van der Waals surface area contributed by atoms with Crippen molar-refractivity contribution < 1.29 is 25.2 Å². The van der Waals surface area contributed by atoms with Crippen LogP contribution in [-0.2, 0) is 4.79 Å². The summed E-state index contributed by atoms with van der Waals surface area (Å²) in [5, 5.41) is 37.8. The topological polar surface area (TPSA) is 98.0 Å². The molecular weight excluding hydrogens is 260 g/mol. The second-order valence-electron chi connectivity index (χ2n) is 4.57. The molecule has 0 radical (unpaired) electrons. The zero-order valence-corrected chi connectivity index (χ0v) is 10.7. The average Bonchev–Trinajstić information content (AvgIpc) is 2.38. The van der Waals surface area contributed by atoms with Gasteiger partial charge >= 0.3 is 5.97 Å². The third-order valence-electron chi connectivity index (χ3n) is 3.15. The lowest BCUT2D eigenvalue weighted by atomic mass is 9.90. The maximum atomic E-state index is 11.5. The summed E-state index contributed by atoms with van der Waals surface area (Å²) < 4.78 is 0. The van der Waals surface area contributed by atoms with Gasteiger partial charge in [-0.2, -0.15) is 0 Å². The number of carbonyl (C=O) groups is 1. The molecule has 0 spiro atoms. The lowest BCUT2D eigenvalue weighted by Crippen LogP contribution is -2.13. The first-order chi connectivity index (χ1) is 9.40. The third-order valence-corrected chi connectivity index (χ3v) is 3.15. The molecule has 104 valence electrons. The van der Waals surface area contributed by atoms with Gasteiger partial charge in [-0.05, 0) is 41.8 Å². The molecule has 0 heterocycles. The first-order valence-corrected chi connectivity index (χ1v) is 5.94. The second kappa shape index (κ2) is 5.13. The molecule has 0 aromatic heterocycles. The van der Waals surface area contributed by atoms with Crippen LogP contribution in [0.1, 0.15) is 22.6 Å². The minimum atomic E-state index is -1.11. The van der Waals surface area contributed by atoms with Crippen LogP contribution in [0.5, 0.6) is 17.2 Å². The highest BCUT2D eigenvalue weighted by Crippen LogP contribution is 2.33. The number of hydrogen-bond acceptors (Lipinski definition) is 4. The fourth-order valence-corrected chi connectivity index (χ4v) is 2.00. The van der Waals surface area contributed by atoms with Crippen molar-refractivity contribution in [2.45, 2.75) is 12.8 Å². The monoisotopic (exact) mass is 274 g/mol. The maximum Gasteiger partial charge on any atom is 0.315 e. The van der Waals surface area contributed by atoms with Gasteiger partial charge in [-0.3, -0.25) is 4.79 Å². The van der Waals surface area contributed by atoms with Crippen molar-refractivity contribution in [2.24, 2.45) is 0 Å². The Morgan fingerprint density at radius 2 is 1.45 bits per heavy atom. The summed E-state index contributed by atoms with van der Waals surface area (Å²) in [6.07, 6.45) is 0. The molecule has 1 unspecified atom stereocenters. The van der Waals surface area contributed by atoms with Crippen molar-refractivity contribution in [3.05, 3.63) is 53.1 Å². The molecular formula is C15H14O5. The Labute approximate surface area is 115 Å². The number of hydrogen-bond donors (Lipinski definition) is 4. The van der Waals surface area contributed by atoms with Crippen molar-refractivity contribution in [1.29, 1.82) is 0 Å². The van der Waals surface area contributed by atoms with Crippen LogP contribution in [0, 0.1) is 6.92 Å². The number of aliphatic carboxylic acids is 1. The molecule has 1 atom stereocenters. The summed E-state index contributed by atoms with van der Waals surface area (Å²) in [4.78, 5) is 11.5. The van der Waals surface area contributed by atoms with Crippen LogP contribution in [0.2, 0.25) is 0 Å². The number of aryl methyl sites for hydroxylation is 1. The van der Waals surface area contributed by atoms with E-state index in [1.807, 2.05) is 0 Å². The van der Waals surface area contributed by atoms with E-state index in [9.17, 15) is 25.2 Å². The van der Waals surface area contributed by atoms with Crippen molar-refractivity contribution in [3.8, 4) is 17.2 Å². The van der Waals surface area contributed by atoms with Crippen molar-refractivity contribution in [1.82, 2.24) is 0 Å². The molecule has 0 saturated heterocycles. The minimum absolute atomic E-state index is 0.0109. The molecule has 2 aromatic carbocycles. The van der Waals surface area contributed by atoms with E-state index >= 15 is 0 Å². The Morgan fingerprint density at radius 3 is 1.95 bits per heavy atom. The van der Waals surface area contributed by atoms with Crippen LogP contribution < -0.4 is 0 Å². The molecule has 0 aliphatic carbocycles.